The van der Waals surface area contributed by atoms with Crippen molar-refractivity contribution in [1.29, 1.82) is 0 Å². The van der Waals surface area contributed by atoms with Crippen molar-refractivity contribution in [2.24, 2.45) is 13.0 Å². The Balaban J connectivity index is 1.99. The predicted octanol–water partition coefficient (Wildman–Crippen LogP) is 1.77. The molecule has 0 radical (unpaired) electrons. The minimum Gasteiger partial charge on any atom is -0.481 e. The van der Waals surface area contributed by atoms with E-state index >= 15 is 0 Å². The molecule has 0 bridgehead atoms. The summed E-state index contributed by atoms with van der Waals surface area (Å²) in [4.78, 5) is 12.3. The summed E-state index contributed by atoms with van der Waals surface area (Å²) in [6, 6.07) is 0. The Morgan fingerprint density at radius 3 is 2.52 bits per heavy atom. The molecule has 1 N–H and O–H groups in total. The van der Waals surface area contributed by atoms with Gasteiger partial charge in [-0.25, -0.2) is 0 Å². The quantitative estimate of drug-likeness (QED) is 0.851. The fraction of sp³-hybridized carbons (Fsp3) is 0.727. The molecule has 0 aliphatic carbocycles. The molecule has 21 heavy (non-hydrogen) atoms. The Labute approximate surface area is 123 Å². The number of hydrogen-bond donors (Lipinski definition) is 1. The van der Waals surface area contributed by atoms with Crippen LogP contribution in [-0.4, -0.2) is 50.9 Å². The number of carbonyl (C=O) groups is 1. The standard InChI is InChI=1S/C11H15F3N4O2S/c1-17-9(15-16-10(17)21-6-8(19)20)18-4-2-7(3-5-18)11(12,13)14/h7H,2-6H2,1H3,(H,19,20). The third-order valence-electron chi connectivity index (χ3n) is 3.38. The summed E-state index contributed by atoms with van der Waals surface area (Å²) < 4.78 is 39.5. The third kappa shape index (κ3) is 3.80. The van der Waals surface area contributed by atoms with Crippen LogP contribution in [0.4, 0.5) is 19.1 Å². The van der Waals surface area contributed by atoms with Gasteiger partial charge in [-0.3, -0.25) is 9.36 Å². The topological polar surface area (TPSA) is 71.2 Å². The molecular weight excluding hydrogens is 309 g/mol. The molecular formula is C11H15F3N4O2S. The van der Waals surface area contributed by atoms with E-state index in [0.29, 0.717) is 11.1 Å². The molecule has 0 spiro atoms. The second-order valence-corrected chi connectivity index (χ2v) is 5.77. The molecule has 1 aliphatic heterocycles. The molecule has 6 nitrogen and oxygen atoms in total. The van der Waals surface area contributed by atoms with Crippen LogP contribution in [0.2, 0.25) is 0 Å². The number of hydrogen-bond acceptors (Lipinski definition) is 5. The normalized spacial score (nSPS) is 17.2. The van der Waals surface area contributed by atoms with Crippen LogP contribution in [0.25, 0.3) is 0 Å². The predicted molar refractivity (Wildman–Crippen MR) is 70.4 cm³/mol. The summed E-state index contributed by atoms with van der Waals surface area (Å²) in [7, 11) is 1.68. The minimum atomic E-state index is -4.14. The zero-order valence-electron chi connectivity index (χ0n) is 11.3. The van der Waals surface area contributed by atoms with Crippen LogP contribution in [-0.2, 0) is 11.8 Å². The van der Waals surface area contributed by atoms with E-state index in [4.69, 9.17) is 5.11 Å². The molecule has 0 amide bonds. The molecule has 2 rings (SSSR count). The number of anilines is 1. The molecule has 118 valence electrons. The molecule has 1 aromatic rings. The van der Waals surface area contributed by atoms with Gasteiger partial charge in [-0.2, -0.15) is 13.2 Å². The van der Waals surface area contributed by atoms with E-state index in [1.807, 2.05) is 0 Å². The maximum absolute atomic E-state index is 12.6. The van der Waals surface area contributed by atoms with Gasteiger partial charge in [0.25, 0.3) is 0 Å². The molecule has 2 heterocycles. The highest BCUT2D eigenvalue weighted by atomic mass is 32.2. The van der Waals surface area contributed by atoms with Gasteiger partial charge >= 0.3 is 12.1 Å². The number of rotatable bonds is 4. The zero-order chi connectivity index (χ0) is 15.6. The van der Waals surface area contributed by atoms with E-state index in [-0.39, 0.29) is 31.7 Å². The first-order chi connectivity index (χ1) is 9.79. The Kier molecular flexibility index (Phi) is 4.64. The van der Waals surface area contributed by atoms with E-state index < -0.39 is 18.1 Å². The van der Waals surface area contributed by atoms with Gasteiger partial charge < -0.3 is 10.0 Å². The number of halogens is 3. The van der Waals surface area contributed by atoms with Crippen molar-refractivity contribution >= 4 is 23.7 Å². The SMILES string of the molecule is Cn1c(SCC(=O)O)nnc1N1CCC(C(F)(F)F)CC1. The first-order valence-electron chi connectivity index (χ1n) is 6.34. The van der Waals surface area contributed by atoms with E-state index in [1.54, 1.807) is 16.5 Å². The van der Waals surface area contributed by atoms with Crippen LogP contribution in [0, 0.1) is 5.92 Å². The van der Waals surface area contributed by atoms with Gasteiger partial charge in [-0.15, -0.1) is 10.2 Å². The first-order valence-corrected chi connectivity index (χ1v) is 7.33. The maximum atomic E-state index is 12.6. The molecule has 1 saturated heterocycles. The van der Waals surface area contributed by atoms with Crippen LogP contribution in [0.15, 0.2) is 5.16 Å². The number of carboxylic acids is 1. The van der Waals surface area contributed by atoms with Gasteiger partial charge in [0.1, 0.15) is 0 Å². The Morgan fingerprint density at radius 2 is 2.00 bits per heavy atom. The fourth-order valence-electron chi connectivity index (χ4n) is 2.24. The number of aliphatic carboxylic acids is 1. The Morgan fingerprint density at radius 1 is 1.38 bits per heavy atom. The number of alkyl halides is 3. The van der Waals surface area contributed by atoms with Crippen LogP contribution in [0.5, 0.6) is 0 Å². The summed E-state index contributed by atoms with van der Waals surface area (Å²) in [5.41, 5.74) is 0. The number of nitrogens with zero attached hydrogens (tertiary/aromatic N) is 4. The lowest BCUT2D eigenvalue weighted by molar-refractivity contribution is -0.179. The summed E-state index contributed by atoms with van der Waals surface area (Å²) in [6.45, 7) is 0.527. The lowest BCUT2D eigenvalue weighted by Gasteiger charge is -2.33. The van der Waals surface area contributed by atoms with Gasteiger partial charge in [-0.1, -0.05) is 11.8 Å². The smallest absolute Gasteiger partial charge is 0.391 e. The average molecular weight is 324 g/mol. The third-order valence-corrected chi connectivity index (χ3v) is 4.38. The number of thioether (sulfide) groups is 1. The molecule has 1 aliphatic rings. The van der Waals surface area contributed by atoms with Crippen LogP contribution in [0.3, 0.4) is 0 Å². The van der Waals surface area contributed by atoms with E-state index in [2.05, 4.69) is 10.2 Å². The molecule has 1 aromatic heterocycles. The average Bonchev–Trinajstić information content (AvgIpc) is 2.77. The minimum absolute atomic E-state index is 0.0357. The second-order valence-electron chi connectivity index (χ2n) is 4.83. The lowest BCUT2D eigenvalue weighted by Crippen LogP contribution is -2.40. The molecule has 0 aromatic carbocycles. The zero-order valence-corrected chi connectivity index (χ0v) is 12.1. The Hall–Kier alpha value is -1.45. The molecule has 1 fully saturated rings. The van der Waals surface area contributed by atoms with Crippen LogP contribution < -0.4 is 4.90 Å². The molecule has 0 saturated carbocycles. The van der Waals surface area contributed by atoms with Crippen LogP contribution in [0.1, 0.15) is 12.8 Å². The summed E-state index contributed by atoms with van der Waals surface area (Å²) >= 11 is 1.03. The van der Waals surface area contributed by atoms with Gasteiger partial charge in [0.05, 0.1) is 11.7 Å². The van der Waals surface area contributed by atoms with Crippen molar-refractivity contribution in [3.05, 3.63) is 0 Å². The number of piperidine rings is 1. The molecule has 0 unspecified atom stereocenters. The van der Waals surface area contributed by atoms with Crippen molar-refractivity contribution in [2.75, 3.05) is 23.7 Å². The second kappa shape index (κ2) is 6.12. The Bertz CT molecular complexity index is 512. The lowest BCUT2D eigenvalue weighted by atomic mass is 9.96. The van der Waals surface area contributed by atoms with E-state index in [9.17, 15) is 18.0 Å². The van der Waals surface area contributed by atoms with E-state index in [1.165, 1.54) is 0 Å². The van der Waals surface area contributed by atoms with Crippen molar-refractivity contribution in [1.82, 2.24) is 14.8 Å². The maximum Gasteiger partial charge on any atom is 0.391 e. The van der Waals surface area contributed by atoms with Gasteiger partial charge in [0, 0.05) is 20.1 Å². The van der Waals surface area contributed by atoms with E-state index in [0.717, 1.165) is 11.8 Å². The van der Waals surface area contributed by atoms with Crippen molar-refractivity contribution in [2.45, 2.75) is 24.2 Å². The molecule has 0 atom stereocenters. The van der Waals surface area contributed by atoms with Crippen molar-refractivity contribution in [3.63, 3.8) is 0 Å². The van der Waals surface area contributed by atoms with Gasteiger partial charge in [0.2, 0.25) is 5.95 Å². The monoisotopic (exact) mass is 324 g/mol. The van der Waals surface area contributed by atoms with Gasteiger partial charge in [-0.05, 0) is 12.8 Å². The fourth-order valence-corrected chi connectivity index (χ4v) is 2.87. The largest absolute Gasteiger partial charge is 0.481 e. The molecule has 10 heteroatoms. The van der Waals surface area contributed by atoms with Gasteiger partial charge in [0.15, 0.2) is 5.16 Å². The highest BCUT2D eigenvalue weighted by Crippen LogP contribution is 2.35. The summed E-state index contributed by atoms with van der Waals surface area (Å²) in [6.07, 6.45) is -4.07. The first kappa shape index (κ1) is 15.9. The highest BCUT2D eigenvalue weighted by molar-refractivity contribution is 7.99. The highest BCUT2D eigenvalue weighted by Gasteiger charge is 2.41. The summed E-state index contributed by atoms with van der Waals surface area (Å²) in [5.74, 6) is -1.89. The number of carboxylic acid groups (broad SMARTS) is 1. The van der Waals surface area contributed by atoms with Crippen molar-refractivity contribution < 1.29 is 23.1 Å². The summed E-state index contributed by atoms with van der Waals surface area (Å²) in [5, 5.41) is 16.9. The number of aromatic nitrogens is 3. The van der Waals surface area contributed by atoms with Crippen LogP contribution >= 0.6 is 11.8 Å². The van der Waals surface area contributed by atoms with Crippen molar-refractivity contribution in [3.8, 4) is 0 Å².